The summed E-state index contributed by atoms with van der Waals surface area (Å²) in [5, 5.41) is 2.64. The Morgan fingerprint density at radius 3 is 2.50 bits per heavy atom. The second kappa shape index (κ2) is 5.37. The monoisotopic (exact) mass is 357 g/mol. The smallest absolute Gasteiger partial charge is 0.272 e. The highest BCUT2D eigenvalue weighted by Crippen LogP contribution is 2.38. The van der Waals surface area contributed by atoms with Gasteiger partial charge in [0.05, 0.1) is 6.04 Å². The molecule has 1 atom stereocenters. The number of nitrogens with one attached hydrogen (secondary N) is 1. The van der Waals surface area contributed by atoms with E-state index in [4.69, 9.17) is 34.8 Å². The van der Waals surface area contributed by atoms with Crippen molar-refractivity contribution in [1.29, 1.82) is 0 Å². The third-order valence-corrected chi connectivity index (χ3v) is 4.36. The van der Waals surface area contributed by atoms with E-state index < -0.39 is 15.7 Å². The molecule has 4 nitrogen and oxygen atoms in total. The molecule has 1 N–H and O–H groups in total. The minimum absolute atomic E-state index is 0.226. The summed E-state index contributed by atoms with van der Waals surface area (Å²) in [4.78, 5) is 36.0. The molecule has 0 spiro atoms. The Bertz CT molecular complexity index is 734. The molecule has 1 aromatic rings. The highest BCUT2D eigenvalue weighted by atomic mass is 35.6. The highest BCUT2D eigenvalue weighted by molar-refractivity contribution is 6.76. The summed E-state index contributed by atoms with van der Waals surface area (Å²) in [5.41, 5.74) is 2.27. The van der Waals surface area contributed by atoms with E-state index in [1.165, 1.54) is 12.2 Å². The number of ketones is 2. The molecule has 0 heterocycles. The molecule has 0 aromatic heterocycles. The molecule has 7 heteroatoms. The van der Waals surface area contributed by atoms with Gasteiger partial charge in [-0.3, -0.25) is 14.4 Å². The van der Waals surface area contributed by atoms with Gasteiger partial charge in [-0.25, -0.2) is 0 Å². The van der Waals surface area contributed by atoms with Crippen molar-refractivity contribution in [2.24, 2.45) is 0 Å². The van der Waals surface area contributed by atoms with E-state index in [0.29, 0.717) is 29.5 Å². The molecule has 2 aliphatic carbocycles. The van der Waals surface area contributed by atoms with Crippen LogP contribution in [0, 0.1) is 0 Å². The van der Waals surface area contributed by atoms with Crippen molar-refractivity contribution in [2.75, 3.05) is 0 Å². The van der Waals surface area contributed by atoms with Crippen LogP contribution in [0.3, 0.4) is 0 Å². The predicted octanol–water partition coefficient (Wildman–Crippen LogP) is 3.10. The van der Waals surface area contributed by atoms with Gasteiger partial charge < -0.3 is 5.32 Å². The average molecular weight is 359 g/mol. The van der Waals surface area contributed by atoms with Crippen LogP contribution < -0.4 is 5.32 Å². The van der Waals surface area contributed by atoms with Gasteiger partial charge in [-0.05, 0) is 36.1 Å². The van der Waals surface area contributed by atoms with Gasteiger partial charge >= 0.3 is 0 Å². The largest absolute Gasteiger partial charge is 0.346 e. The number of benzene rings is 1. The molecular formula is C15H10Cl3NO3. The van der Waals surface area contributed by atoms with E-state index in [1.54, 1.807) is 12.1 Å². The van der Waals surface area contributed by atoms with Crippen LogP contribution in [0.1, 0.15) is 44.3 Å². The van der Waals surface area contributed by atoms with Gasteiger partial charge in [0.1, 0.15) is 0 Å². The quantitative estimate of drug-likeness (QED) is 0.785. The van der Waals surface area contributed by atoms with Gasteiger partial charge in [0, 0.05) is 11.1 Å². The van der Waals surface area contributed by atoms with Crippen LogP contribution in [0.15, 0.2) is 24.3 Å². The molecule has 114 valence electrons. The van der Waals surface area contributed by atoms with Crippen LogP contribution in [0.25, 0.3) is 0 Å². The van der Waals surface area contributed by atoms with E-state index >= 15 is 0 Å². The molecule has 0 aliphatic heterocycles. The van der Waals surface area contributed by atoms with Gasteiger partial charge in [-0.15, -0.1) is 0 Å². The molecule has 1 amide bonds. The molecule has 0 radical (unpaired) electrons. The number of fused-ring (bicyclic) bond motifs is 3. The normalized spacial score (nSPS) is 19.9. The number of hydrogen-bond donors (Lipinski definition) is 1. The molecule has 1 unspecified atom stereocenters. The molecule has 0 fully saturated rings. The van der Waals surface area contributed by atoms with Gasteiger partial charge in [-0.2, -0.15) is 0 Å². The number of alkyl halides is 3. The number of halogens is 3. The maximum atomic E-state index is 12.2. The Kier molecular flexibility index (Phi) is 3.79. The fourth-order valence-corrected chi connectivity index (χ4v) is 3.07. The number of aryl methyl sites for hydroxylation is 1. The summed E-state index contributed by atoms with van der Waals surface area (Å²) in [5.74, 6) is -1.23. The van der Waals surface area contributed by atoms with E-state index in [1.807, 2.05) is 0 Å². The first kappa shape index (κ1) is 15.5. The molecule has 0 saturated heterocycles. The third-order valence-electron chi connectivity index (χ3n) is 3.85. The molecule has 22 heavy (non-hydrogen) atoms. The summed E-state index contributed by atoms with van der Waals surface area (Å²) in [6, 6.07) is 3.01. The Balaban J connectivity index is 2.04. The zero-order valence-electron chi connectivity index (χ0n) is 11.2. The topological polar surface area (TPSA) is 63.2 Å². The minimum atomic E-state index is -2.07. The van der Waals surface area contributed by atoms with Crippen molar-refractivity contribution in [2.45, 2.75) is 22.7 Å². The molecule has 3 rings (SSSR count). The Hall–Kier alpha value is -1.36. The van der Waals surface area contributed by atoms with Crippen LogP contribution in [-0.4, -0.2) is 21.3 Å². The Morgan fingerprint density at radius 1 is 1.14 bits per heavy atom. The maximum Gasteiger partial charge on any atom is 0.272 e. The lowest BCUT2D eigenvalue weighted by atomic mass is 9.87. The fraction of sp³-hybridized carbons (Fsp3) is 0.267. The van der Waals surface area contributed by atoms with Crippen LogP contribution in [0.2, 0.25) is 0 Å². The van der Waals surface area contributed by atoms with Crippen molar-refractivity contribution in [1.82, 2.24) is 5.32 Å². The number of carbonyl (C=O) groups excluding carboxylic acids is 3. The highest BCUT2D eigenvalue weighted by Gasteiger charge is 2.37. The first-order valence-electron chi connectivity index (χ1n) is 6.59. The van der Waals surface area contributed by atoms with E-state index in [2.05, 4.69) is 5.32 Å². The van der Waals surface area contributed by atoms with E-state index in [-0.39, 0.29) is 11.6 Å². The fourth-order valence-electron chi connectivity index (χ4n) is 2.90. The maximum absolute atomic E-state index is 12.2. The first-order valence-corrected chi connectivity index (χ1v) is 7.72. The van der Waals surface area contributed by atoms with Crippen LogP contribution in [-0.2, 0) is 11.2 Å². The zero-order chi connectivity index (χ0) is 16.1. The Labute approximate surface area is 141 Å². The molecule has 2 aliphatic rings. The summed E-state index contributed by atoms with van der Waals surface area (Å²) < 4.78 is -2.07. The molecule has 1 aromatic carbocycles. The van der Waals surface area contributed by atoms with E-state index in [9.17, 15) is 14.4 Å². The standard InChI is InChI=1S/C15H10Cl3NO3/c16-15(17,18)14(22)19-9-4-2-7-1-3-8-10(20)5-6-11(21)13(8)12(7)9/h1,3,5-6,9H,2,4H2,(H,19,22). The van der Waals surface area contributed by atoms with Crippen molar-refractivity contribution >= 4 is 52.3 Å². The predicted molar refractivity (Wildman–Crippen MR) is 83.7 cm³/mol. The number of rotatable bonds is 1. The molecular weight excluding hydrogens is 349 g/mol. The summed E-state index contributed by atoms with van der Waals surface area (Å²) in [6.07, 6.45) is 3.76. The summed E-state index contributed by atoms with van der Waals surface area (Å²) in [7, 11) is 0. The SMILES string of the molecule is O=C1C=CC(=O)c2c1ccc1c2C(NC(=O)C(Cl)(Cl)Cl)CC1. The molecule has 0 bridgehead atoms. The van der Waals surface area contributed by atoms with Crippen LogP contribution in [0.5, 0.6) is 0 Å². The van der Waals surface area contributed by atoms with Gasteiger partial charge in [0.2, 0.25) is 0 Å². The second-order valence-corrected chi connectivity index (χ2v) is 7.47. The van der Waals surface area contributed by atoms with Gasteiger partial charge in [0.25, 0.3) is 9.70 Å². The second-order valence-electron chi connectivity index (χ2n) is 5.19. The van der Waals surface area contributed by atoms with Gasteiger partial charge in [0.15, 0.2) is 11.6 Å². The van der Waals surface area contributed by atoms with Crippen molar-refractivity contribution in [3.05, 3.63) is 46.5 Å². The third kappa shape index (κ3) is 2.56. The van der Waals surface area contributed by atoms with Crippen molar-refractivity contribution in [3.8, 4) is 0 Å². The Morgan fingerprint density at radius 2 is 1.82 bits per heavy atom. The number of amides is 1. The summed E-state index contributed by atoms with van der Waals surface area (Å²) >= 11 is 16.7. The number of carbonyl (C=O) groups is 3. The summed E-state index contributed by atoms with van der Waals surface area (Å²) in [6.45, 7) is 0. The number of allylic oxidation sites excluding steroid dienone is 2. The minimum Gasteiger partial charge on any atom is -0.346 e. The van der Waals surface area contributed by atoms with Crippen molar-refractivity contribution < 1.29 is 14.4 Å². The van der Waals surface area contributed by atoms with Gasteiger partial charge in [-0.1, -0.05) is 46.9 Å². The van der Waals surface area contributed by atoms with Crippen LogP contribution >= 0.6 is 34.8 Å². The van der Waals surface area contributed by atoms with E-state index in [0.717, 1.165) is 5.56 Å². The van der Waals surface area contributed by atoms with Crippen molar-refractivity contribution in [3.63, 3.8) is 0 Å². The lowest BCUT2D eigenvalue weighted by molar-refractivity contribution is -0.121. The average Bonchev–Trinajstić information content (AvgIpc) is 2.85. The lowest BCUT2D eigenvalue weighted by Crippen LogP contribution is -2.37. The molecule has 0 saturated carbocycles. The zero-order valence-corrected chi connectivity index (χ0v) is 13.4. The number of hydrogen-bond acceptors (Lipinski definition) is 3. The van der Waals surface area contributed by atoms with Crippen LogP contribution in [0.4, 0.5) is 0 Å². The lowest BCUT2D eigenvalue weighted by Gasteiger charge is -2.21. The first-order chi connectivity index (χ1) is 10.3.